The van der Waals surface area contributed by atoms with Crippen molar-refractivity contribution >= 4 is 5.91 Å². The molecule has 0 unspecified atom stereocenters. The van der Waals surface area contributed by atoms with E-state index in [1.165, 1.54) is 0 Å². The number of benzene rings is 1. The second-order valence-electron chi connectivity index (χ2n) is 4.79. The van der Waals surface area contributed by atoms with Crippen LogP contribution in [0.4, 0.5) is 0 Å². The van der Waals surface area contributed by atoms with E-state index in [4.69, 9.17) is 0 Å². The molecule has 0 saturated carbocycles. The van der Waals surface area contributed by atoms with E-state index in [-0.39, 0.29) is 11.7 Å². The van der Waals surface area contributed by atoms with Crippen molar-refractivity contribution in [1.82, 2.24) is 5.32 Å². The summed E-state index contributed by atoms with van der Waals surface area (Å²) in [5.74, 6) is 0.820. The Morgan fingerprint density at radius 2 is 2.12 bits per heavy atom. The summed E-state index contributed by atoms with van der Waals surface area (Å²) in [6.45, 7) is 6.83. The fraction of sp³-hybridized carbons (Fsp3) is 0.500. The highest BCUT2D eigenvalue weighted by Gasteiger charge is 2.06. The summed E-state index contributed by atoms with van der Waals surface area (Å²) in [5, 5.41) is 12.2. The number of carbonyl (C=O) groups excluding carboxylic acids is 1. The maximum absolute atomic E-state index is 11.8. The number of rotatable bonds is 5. The lowest BCUT2D eigenvalue weighted by molar-refractivity contribution is 0.0952. The van der Waals surface area contributed by atoms with Gasteiger partial charge in [0.25, 0.3) is 5.91 Å². The van der Waals surface area contributed by atoms with Gasteiger partial charge in [-0.05, 0) is 49.4 Å². The molecule has 1 amide bonds. The second kappa shape index (κ2) is 6.28. The highest BCUT2D eigenvalue weighted by molar-refractivity contribution is 5.94. The molecule has 0 aliphatic rings. The Bertz CT molecular complexity index is 386. The summed E-state index contributed by atoms with van der Waals surface area (Å²) in [5.41, 5.74) is 1.32. The Morgan fingerprint density at radius 1 is 1.41 bits per heavy atom. The number of aromatic hydroxyl groups is 1. The molecule has 0 saturated heterocycles. The smallest absolute Gasteiger partial charge is 0.251 e. The first-order valence-corrected chi connectivity index (χ1v) is 6.08. The first-order valence-electron chi connectivity index (χ1n) is 6.08. The fourth-order valence-corrected chi connectivity index (χ4v) is 1.61. The third-order valence-corrected chi connectivity index (χ3v) is 2.70. The number of aryl methyl sites for hydroxylation is 1. The molecule has 1 aromatic rings. The van der Waals surface area contributed by atoms with Gasteiger partial charge >= 0.3 is 0 Å². The third-order valence-electron chi connectivity index (χ3n) is 2.70. The molecule has 0 heterocycles. The van der Waals surface area contributed by atoms with Crippen LogP contribution < -0.4 is 5.32 Å². The Kier molecular flexibility index (Phi) is 5.01. The van der Waals surface area contributed by atoms with Crippen LogP contribution in [-0.2, 0) is 0 Å². The summed E-state index contributed by atoms with van der Waals surface area (Å²) in [7, 11) is 0. The molecule has 0 spiro atoms. The van der Waals surface area contributed by atoms with Crippen molar-refractivity contribution < 1.29 is 9.90 Å². The predicted molar refractivity (Wildman–Crippen MR) is 69.2 cm³/mol. The molecule has 0 fully saturated rings. The molecule has 94 valence electrons. The Balaban J connectivity index is 2.44. The first-order chi connectivity index (χ1) is 8.00. The Labute approximate surface area is 103 Å². The molecule has 1 rings (SSSR count). The Morgan fingerprint density at radius 3 is 2.71 bits per heavy atom. The van der Waals surface area contributed by atoms with Gasteiger partial charge in [-0.15, -0.1) is 0 Å². The monoisotopic (exact) mass is 235 g/mol. The van der Waals surface area contributed by atoms with Crippen LogP contribution >= 0.6 is 0 Å². The van der Waals surface area contributed by atoms with E-state index < -0.39 is 0 Å². The zero-order valence-electron chi connectivity index (χ0n) is 10.8. The molecule has 3 heteroatoms. The van der Waals surface area contributed by atoms with Crippen molar-refractivity contribution in [3.63, 3.8) is 0 Å². The number of phenolic OH excluding ortho intramolecular Hbond substituents is 1. The average molecular weight is 235 g/mol. The summed E-state index contributed by atoms with van der Waals surface area (Å²) < 4.78 is 0. The van der Waals surface area contributed by atoms with Gasteiger partial charge < -0.3 is 10.4 Å². The van der Waals surface area contributed by atoms with Gasteiger partial charge in [0.1, 0.15) is 5.75 Å². The lowest BCUT2D eigenvalue weighted by Gasteiger charge is -2.07. The minimum Gasteiger partial charge on any atom is -0.508 e. The molecule has 0 aliphatic heterocycles. The van der Waals surface area contributed by atoms with E-state index in [0.717, 1.165) is 18.4 Å². The van der Waals surface area contributed by atoms with Crippen LogP contribution in [0.5, 0.6) is 5.75 Å². The predicted octanol–water partition coefficient (Wildman–Crippen LogP) is 2.87. The minimum atomic E-state index is -0.0724. The number of carbonyl (C=O) groups is 1. The lowest BCUT2D eigenvalue weighted by atomic mass is 10.1. The lowest BCUT2D eigenvalue weighted by Crippen LogP contribution is -2.24. The maximum atomic E-state index is 11.8. The van der Waals surface area contributed by atoms with E-state index in [1.807, 2.05) is 0 Å². The van der Waals surface area contributed by atoms with E-state index in [1.54, 1.807) is 25.1 Å². The average Bonchev–Trinajstić information content (AvgIpc) is 2.27. The molecule has 1 aromatic carbocycles. The Hall–Kier alpha value is -1.51. The van der Waals surface area contributed by atoms with Crippen molar-refractivity contribution in [2.75, 3.05) is 6.54 Å². The van der Waals surface area contributed by atoms with Gasteiger partial charge in [0.05, 0.1) is 0 Å². The molecule has 3 nitrogen and oxygen atoms in total. The van der Waals surface area contributed by atoms with E-state index in [9.17, 15) is 9.90 Å². The van der Waals surface area contributed by atoms with Gasteiger partial charge in [-0.2, -0.15) is 0 Å². The number of hydrogen-bond donors (Lipinski definition) is 2. The van der Waals surface area contributed by atoms with Crippen LogP contribution in [0.25, 0.3) is 0 Å². The van der Waals surface area contributed by atoms with Crippen molar-refractivity contribution in [1.29, 1.82) is 0 Å². The van der Waals surface area contributed by atoms with Crippen LogP contribution in [0.2, 0.25) is 0 Å². The molecular weight excluding hydrogens is 214 g/mol. The molecule has 17 heavy (non-hydrogen) atoms. The van der Waals surface area contributed by atoms with Gasteiger partial charge in [0.2, 0.25) is 0 Å². The third kappa shape index (κ3) is 4.47. The van der Waals surface area contributed by atoms with Crippen LogP contribution in [-0.4, -0.2) is 17.6 Å². The minimum absolute atomic E-state index is 0.0724. The van der Waals surface area contributed by atoms with Crippen LogP contribution in [0, 0.1) is 12.8 Å². The molecule has 0 bridgehead atoms. The highest BCUT2D eigenvalue weighted by atomic mass is 16.3. The summed E-state index contributed by atoms with van der Waals surface area (Å²) in [6.07, 6.45) is 2.12. The summed E-state index contributed by atoms with van der Waals surface area (Å²) in [4.78, 5) is 11.8. The molecule has 0 radical (unpaired) electrons. The SMILES string of the molecule is Cc1cc(C(=O)NCCCC(C)C)ccc1O. The largest absolute Gasteiger partial charge is 0.508 e. The molecule has 2 N–H and O–H groups in total. The number of hydrogen-bond acceptors (Lipinski definition) is 2. The van der Waals surface area contributed by atoms with Crippen molar-refractivity contribution in [3.8, 4) is 5.75 Å². The van der Waals surface area contributed by atoms with Crippen LogP contribution in [0.3, 0.4) is 0 Å². The molecule has 0 atom stereocenters. The maximum Gasteiger partial charge on any atom is 0.251 e. The van der Waals surface area contributed by atoms with E-state index in [2.05, 4.69) is 19.2 Å². The van der Waals surface area contributed by atoms with E-state index in [0.29, 0.717) is 18.0 Å². The molecule has 0 aliphatic carbocycles. The summed E-state index contributed by atoms with van der Waals surface area (Å²) in [6, 6.07) is 4.89. The molecule has 0 aromatic heterocycles. The standard InChI is InChI=1S/C14H21NO2/c1-10(2)5-4-8-15-14(17)12-6-7-13(16)11(3)9-12/h6-7,9-10,16H,4-5,8H2,1-3H3,(H,15,17). The van der Waals surface area contributed by atoms with Crippen LogP contribution in [0.1, 0.15) is 42.6 Å². The fourth-order valence-electron chi connectivity index (χ4n) is 1.61. The van der Waals surface area contributed by atoms with Gasteiger partial charge in [-0.3, -0.25) is 4.79 Å². The van der Waals surface area contributed by atoms with E-state index >= 15 is 0 Å². The van der Waals surface area contributed by atoms with Gasteiger partial charge in [-0.1, -0.05) is 13.8 Å². The quantitative estimate of drug-likeness (QED) is 0.771. The second-order valence-corrected chi connectivity index (χ2v) is 4.79. The first kappa shape index (κ1) is 13.6. The highest BCUT2D eigenvalue weighted by Crippen LogP contribution is 2.16. The van der Waals surface area contributed by atoms with Gasteiger partial charge in [-0.25, -0.2) is 0 Å². The van der Waals surface area contributed by atoms with Crippen molar-refractivity contribution in [3.05, 3.63) is 29.3 Å². The zero-order chi connectivity index (χ0) is 12.8. The van der Waals surface area contributed by atoms with Crippen molar-refractivity contribution in [2.24, 2.45) is 5.92 Å². The van der Waals surface area contributed by atoms with Gasteiger partial charge in [0, 0.05) is 12.1 Å². The topological polar surface area (TPSA) is 49.3 Å². The number of phenols is 1. The number of amides is 1. The normalized spacial score (nSPS) is 10.6. The van der Waals surface area contributed by atoms with Crippen LogP contribution in [0.15, 0.2) is 18.2 Å². The summed E-state index contributed by atoms with van der Waals surface area (Å²) >= 11 is 0. The van der Waals surface area contributed by atoms with Gasteiger partial charge in [0.15, 0.2) is 0 Å². The zero-order valence-corrected chi connectivity index (χ0v) is 10.8. The molecular formula is C14H21NO2. The van der Waals surface area contributed by atoms with Crippen molar-refractivity contribution in [2.45, 2.75) is 33.6 Å². The number of nitrogens with one attached hydrogen (secondary N) is 1.